The van der Waals surface area contributed by atoms with E-state index in [1.807, 2.05) is 24.3 Å². The lowest BCUT2D eigenvalue weighted by molar-refractivity contribution is -0.125. The molecule has 0 radical (unpaired) electrons. The maximum Gasteiger partial charge on any atom is 0.323 e. The number of ether oxygens (including phenoxy) is 4. The molecule has 0 saturated carbocycles. The molecule has 2 fully saturated rings. The molecule has 2 saturated heterocycles. The third kappa shape index (κ3) is 19.2. The summed E-state index contributed by atoms with van der Waals surface area (Å²) in [5.74, 6) is 6.52. The molecule has 11 aromatic rings. The molecule has 8 amide bonds. The summed E-state index contributed by atoms with van der Waals surface area (Å²) >= 11 is 11.8. The average molecular weight is 1740 g/mol. The Balaban J connectivity index is 0.000000148. The zero-order chi connectivity index (χ0) is 75.5. The Hall–Kier alpha value is -12.2. The van der Waals surface area contributed by atoms with Gasteiger partial charge in [0.1, 0.15) is 63.5 Å². The summed E-state index contributed by atoms with van der Waals surface area (Å²) in [6, 6.07) is 31.8. The molecule has 106 heavy (non-hydrogen) atoms. The largest absolute Gasteiger partial charge is 0.505 e. The summed E-state index contributed by atoms with van der Waals surface area (Å²) in [5, 5.41) is 24.6. The van der Waals surface area contributed by atoms with Crippen molar-refractivity contribution in [2.24, 2.45) is 0 Å². The van der Waals surface area contributed by atoms with Gasteiger partial charge in [0.05, 0.1) is 47.9 Å². The van der Waals surface area contributed by atoms with Crippen LogP contribution in [0.3, 0.4) is 0 Å². The molecule has 0 aliphatic carbocycles. The van der Waals surface area contributed by atoms with Crippen molar-refractivity contribution < 1.29 is 57.2 Å². The lowest BCUT2D eigenvalue weighted by Gasteiger charge is -2.28. The number of aromatic hydroxyl groups is 1. The normalized spacial score (nSPS) is 15.5. The number of imide groups is 2. The molecule has 0 bridgehead atoms. The molecule has 13 heterocycles. The Morgan fingerprint density at radius 3 is 1.56 bits per heavy atom. The Morgan fingerprint density at radius 1 is 0.585 bits per heavy atom. The van der Waals surface area contributed by atoms with Gasteiger partial charge in [0.2, 0.25) is 17.8 Å². The van der Waals surface area contributed by atoms with Crippen LogP contribution in [-0.4, -0.2) is 157 Å². The summed E-state index contributed by atoms with van der Waals surface area (Å²) < 4.78 is 29.1. The van der Waals surface area contributed by atoms with Crippen LogP contribution in [0.5, 0.6) is 28.7 Å². The van der Waals surface area contributed by atoms with Gasteiger partial charge in [-0.15, -0.1) is 6.42 Å². The molecule has 9 aromatic heterocycles. The molecule has 540 valence electrons. The molecule has 0 spiro atoms. The van der Waals surface area contributed by atoms with E-state index in [-0.39, 0.29) is 43.0 Å². The summed E-state index contributed by atoms with van der Waals surface area (Å²) in [4.78, 5) is 126. The van der Waals surface area contributed by atoms with Gasteiger partial charge in [-0.1, -0.05) is 18.1 Å². The number of hydrogen-bond donors (Lipinski definition) is 8. The Bertz CT molecular complexity index is 5070. The highest BCUT2D eigenvalue weighted by Crippen LogP contribution is 2.36. The van der Waals surface area contributed by atoms with Crippen LogP contribution in [0.25, 0.3) is 11.1 Å². The van der Waals surface area contributed by atoms with Crippen LogP contribution in [0, 0.1) is 16.0 Å². The second kappa shape index (κ2) is 35.4. The molecule has 0 unspecified atom stereocenters. The Labute approximate surface area is 641 Å². The van der Waals surface area contributed by atoms with Crippen molar-refractivity contribution in [3.05, 3.63) is 222 Å². The zero-order valence-corrected chi connectivity index (χ0v) is 62.9. The van der Waals surface area contributed by atoms with E-state index in [1.165, 1.54) is 30.1 Å². The van der Waals surface area contributed by atoms with Crippen molar-refractivity contribution in [2.75, 3.05) is 57.9 Å². The maximum absolute atomic E-state index is 13.2. The fraction of sp³-hybridized carbons (Fsp3) is 0.159. The number of benzene rings is 2. The maximum atomic E-state index is 13.2. The summed E-state index contributed by atoms with van der Waals surface area (Å²) in [5.41, 5.74) is 6.29. The minimum absolute atomic E-state index is 0.0864. The first-order valence-corrected chi connectivity index (χ1v) is 34.4. The molecule has 15 rings (SSSR count). The number of terminal acetylenes is 1. The number of nitrogens with one attached hydrogen (secondary N) is 6. The number of fused-ring (bicyclic) bond motifs is 3. The van der Waals surface area contributed by atoms with Crippen molar-refractivity contribution in [2.45, 2.75) is 30.6 Å². The van der Waals surface area contributed by atoms with Crippen LogP contribution in [0.1, 0.15) is 49.1 Å². The second-order valence-electron chi connectivity index (χ2n) is 22.1. The molecular formula is C69H59Br3IN21O12. The Morgan fingerprint density at radius 2 is 1.08 bits per heavy atom. The zero-order valence-electron chi connectivity index (χ0n) is 56.0. The number of furan rings is 1. The van der Waals surface area contributed by atoms with Crippen molar-refractivity contribution in [1.29, 1.82) is 0 Å². The van der Waals surface area contributed by atoms with Gasteiger partial charge in [0.25, 0.3) is 23.6 Å². The minimum atomic E-state index is -1.61. The highest BCUT2D eigenvalue weighted by Gasteiger charge is 2.53. The van der Waals surface area contributed by atoms with Crippen LogP contribution in [0.15, 0.2) is 183 Å². The van der Waals surface area contributed by atoms with Gasteiger partial charge in [-0.25, -0.2) is 69.4 Å². The lowest BCUT2D eigenvalue weighted by atomic mass is 9.95. The number of carbonyl (C=O) groups excluding carboxylic acids is 6. The van der Waals surface area contributed by atoms with Crippen molar-refractivity contribution >= 4 is 147 Å². The van der Waals surface area contributed by atoms with Crippen molar-refractivity contribution in [3.63, 3.8) is 0 Å². The van der Waals surface area contributed by atoms with Crippen molar-refractivity contribution in [1.82, 2.24) is 90.9 Å². The first kappa shape index (κ1) is 76.5. The third-order valence-electron chi connectivity index (χ3n) is 15.2. The third-order valence-corrected chi connectivity index (χ3v) is 17.6. The van der Waals surface area contributed by atoms with E-state index >= 15 is 0 Å². The van der Waals surface area contributed by atoms with Gasteiger partial charge in [0, 0.05) is 85.6 Å². The number of halogens is 4. The number of aromatic nitrogens is 12. The number of nitrogens with two attached hydrogens (primary N) is 1. The minimum Gasteiger partial charge on any atom is -0.505 e. The molecule has 33 nitrogen and oxygen atoms in total. The number of nitrogens with zero attached hydrogens (tertiary/aromatic N) is 14. The topological polar surface area (TPSA) is 432 Å². The van der Waals surface area contributed by atoms with Crippen LogP contribution in [0.4, 0.5) is 39.1 Å². The fourth-order valence-corrected chi connectivity index (χ4v) is 12.2. The summed E-state index contributed by atoms with van der Waals surface area (Å²) in [7, 11) is 6.26. The van der Waals surface area contributed by atoms with Gasteiger partial charge in [-0.2, -0.15) is 0 Å². The Kier molecular flexibility index (Phi) is 25.5. The van der Waals surface area contributed by atoms with Gasteiger partial charge >= 0.3 is 12.1 Å². The number of hydrogen-bond acceptors (Lipinski definition) is 27. The van der Waals surface area contributed by atoms with Crippen molar-refractivity contribution in [3.8, 4) is 41.1 Å². The summed E-state index contributed by atoms with van der Waals surface area (Å²) in [6.07, 6.45) is 18.9. The van der Waals surface area contributed by atoms with Gasteiger partial charge in [0.15, 0.2) is 28.2 Å². The number of amides is 8. The van der Waals surface area contributed by atoms with E-state index in [9.17, 15) is 33.9 Å². The highest BCUT2D eigenvalue weighted by atomic mass is 127. The predicted molar refractivity (Wildman–Crippen MR) is 401 cm³/mol. The SMILES string of the molecule is C#C[C@]1(CN2Cc3ccc(OC)cc3C2=O)NC(=O)NC1=O.COc1ccc(I)nc1Br.COc1ccc(Nc2ncccn2)nc1Br.COc1ccc2c(c1)C(=O)N(C[C@@]1(c3cc4nc(Cc5ncccn5)ccc4o3)NC(=O)NC1=O)C2.Nc1ncccn1.Oc1ccc(Nc2ncccn2)nc1Br. The van der Waals surface area contributed by atoms with Crippen LogP contribution >= 0.6 is 70.4 Å². The van der Waals surface area contributed by atoms with Gasteiger partial charge < -0.3 is 65.3 Å². The predicted octanol–water partition coefficient (Wildman–Crippen LogP) is 8.76. The first-order chi connectivity index (χ1) is 51.1. The molecule has 37 heteroatoms. The number of urea groups is 2. The smallest absolute Gasteiger partial charge is 0.323 e. The van der Waals surface area contributed by atoms with E-state index in [4.69, 9.17) is 35.5 Å². The number of methoxy groups -OCH3 is 4. The first-order valence-electron chi connectivity index (χ1n) is 31.0. The number of pyridine rings is 4. The van der Waals surface area contributed by atoms with E-state index in [0.29, 0.717) is 103 Å². The number of carbonyl (C=O) groups is 6. The number of anilines is 5. The molecular weight excluding hydrogens is 1680 g/mol. The monoisotopic (exact) mass is 1740 g/mol. The lowest BCUT2D eigenvalue weighted by Crippen LogP contribution is -2.54. The van der Waals surface area contributed by atoms with Crippen LogP contribution < -0.4 is 56.6 Å². The van der Waals surface area contributed by atoms with E-state index < -0.39 is 35.0 Å². The average Bonchev–Trinajstić information content (AvgIpc) is 1.61. The quantitative estimate of drug-likeness (QED) is 0.0206. The fourth-order valence-electron chi connectivity index (χ4n) is 10.2. The number of nitrogen functional groups attached to an aromatic ring is 1. The summed E-state index contributed by atoms with van der Waals surface area (Å²) in [6.45, 7) is 0.398. The van der Waals surface area contributed by atoms with E-state index in [1.54, 1.807) is 149 Å². The molecule has 2 atom stereocenters. The second-order valence-corrected chi connectivity index (χ2v) is 25.5. The van der Waals surface area contributed by atoms with Gasteiger partial charge in [-0.05, 0) is 179 Å². The van der Waals surface area contributed by atoms with Crippen LogP contribution in [0.2, 0.25) is 0 Å². The number of rotatable bonds is 15. The highest BCUT2D eigenvalue weighted by molar-refractivity contribution is 14.1. The molecule has 4 aliphatic heterocycles. The van der Waals surface area contributed by atoms with E-state index in [2.05, 4.69) is 168 Å². The molecule has 9 N–H and O–H groups in total. The molecule has 4 aliphatic rings. The standard InChI is InChI=1S/C25H20N6O5.C15H13N3O4.C10H9BrN4O.C9H7BrN4O.C6H5BrINO.C4H5N3/c1-35-16-5-3-14-12-31(22(32)17(14)10-16)13-25(23(33)29-24(34)30-25)20-11-18-19(36-20)6-4-15(28-18)9-21-26-7-2-8-27-21;1-3-15(13(20)16-14(21)17-15)8-18-7-9-4-5-10(22-2)6-11(9)12(18)19;1-16-7-3-4-8(14-9(7)11)15-10-12-5-2-6-13-10;10-8-6(15)2-3-7(13-8)14-9-11-4-1-5-12-9;1-10-4-2-3-5(8)9-6(4)7;5-4-6-2-1-3-7-4/h2-8,10-11H,9,12-13H2,1H3,(H2,29,30,33,34);1,4-6H,7-8H2,2H3,(H2,16,17,20,21);2-6H,1H3,(H,12,13,14,15);1-5,15H,(H,11,12,13,14);2-3H,1H3;1-3H,(H2,5,6,7)/t25-;15-;;;;/m01..../s1. The molecule has 2 aromatic carbocycles. The van der Waals surface area contributed by atoms with Gasteiger partial charge in [-0.3, -0.25) is 29.8 Å². The van der Waals surface area contributed by atoms with Crippen LogP contribution in [-0.2, 0) is 34.6 Å². The van der Waals surface area contributed by atoms with E-state index in [0.717, 1.165) is 25.2 Å².